The van der Waals surface area contributed by atoms with Crippen LogP contribution in [0, 0.1) is 0 Å². The third-order valence-electron chi connectivity index (χ3n) is 9.18. The van der Waals surface area contributed by atoms with Crippen LogP contribution in [0.1, 0.15) is 181 Å². The van der Waals surface area contributed by atoms with Gasteiger partial charge in [0.25, 0.3) is 11.6 Å². The predicted octanol–water partition coefficient (Wildman–Crippen LogP) is 8.30. The van der Waals surface area contributed by atoms with E-state index >= 15 is 0 Å². The van der Waals surface area contributed by atoms with Gasteiger partial charge in [-0.1, -0.05) is 162 Å². The summed E-state index contributed by atoms with van der Waals surface area (Å²) in [6.07, 6.45) is 25.1. The average Bonchev–Trinajstić information content (AvgIpc) is 3.04. The van der Waals surface area contributed by atoms with Crippen molar-refractivity contribution in [3.8, 4) is 0 Å². The van der Waals surface area contributed by atoms with E-state index in [0.717, 1.165) is 25.7 Å². The number of aliphatic hydroxyl groups is 4. The molecule has 0 amide bonds. The molecule has 8 heteroatoms. The molecule has 1 aliphatic heterocycles. The summed E-state index contributed by atoms with van der Waals surface area (Å²) in [5.74, 6) is -4.95. The molecule has 1 rings (SSSR count). The van der Waals surface area contributed by atoms with Crippen molar-refractivity contribution in [3.05, 3.63) is 0 Å². The van der Waals surface area contributed by atoms with Crippen LogP contribution in [0.25, 0.3) is 0 Å². The van der Waals surface area contributed by atoms with Crippen LogP contribution in [-0.4, -0.2) is 76.9 Å². The van der Waals surface area contributed by atoms with Crippen LogP contribution >= 0.6 is 0 Å². The average molecular weight is 647 g/mol. The molecule has 1 saturated heterocycles. The zero-order valence-corrected chi connectivity index (χ0v) is 29.7. The number of rotatable bonds is 32. The van der Waals surface area contributed by atoms with Crippen LogP contribution in [0.3, 0.4) is 0 Å². The molecule has 5 atom stereocenters. The molecule has 1 fully saturated rings. The zero-order chi connectivity index (χ0) is 33.1. The van der Waals surface area contributed by atoms with Gasteiger partial charge in [0.15, 0.2) is 0 Å². The minimum Gasteiger partial charge on any atom is -0.394 e. The summed E-state index contributed by atoms with van der Waals surface area (Å²) in [6, 6.07) is 0. The maximum atomic E-state index is 11.7. The molecule has 270 valence electrons. The van der Waals surface area contributed by atoms with Crippen LogP contribution in [-0.2, 0) is 18.9 Å². The molecule has 0 bridgehead atoms. The molecule has 0 radical (unpaired) electrons. The molecule has 0 unspecified atom stereocenters. The molecule has 1 heterocycles. The highest BCUT2D eigenvalue weighted by molar-refractivity contribution is 5.02. The van der Waals surface area contributed by atoms with E-state index in [-0.39, 0.29) is 19.8 Å². The van der Waals surface area contributed by atoms with Gasteiger partial charge in [0.1, 0.15) is 12.2 Å². The lowest BCUT2D eigenvalue weighted by atomic mass is 9.91. The lowest BCUT2D eigenvalue weighted by molar-refractivity contribution is -0.498. The zero-order valence-electron chi connectivity index (χ0n) is 29.7. The Labute approximate surface area is 277 Å². The molecule has 1 aliphatic rings. The van der Waals surface area contributed by atoms with Crippen molar-refractivity contribution in [2.24, 2.45) is 0 Å². The number of hydrogen-bond acceptors (Lipinski definition) is 8. The van der Waals surface area contributed by atoms with Gasteiger partial charge in [-0.3, -0.25) is 0 Å². The maximum absolute atomic E-state index is 11.7. The van der Waals surface area contributed by atoms with E-state index in [2.05, 4.69) is 13.8 Å². The molecule has 45 heavy (non-hydrogen) atoms. The first kappa shape index (κ1) is 42.7. The van der Waals surface area contributed by atoms with Crippen LogP contribution in [0.15, 0.2) is 0 Å². The number of hydrogen-bond donors (Lipinski definition) is 4. The van der Waals surface area contributed by atoms with Crippen molar-refractivity contribution < 1.29 is 39.4 Å². The first-order valence-corrected chi connectivity index (χ1v) is 19.2. The predicted molar refractivity (Wildman–Crippen MR) is 182 cm³/mol. The Morgan fingerprint density at radius 3 is 1.20 bits per heavy atom. The van der Waals surface area contributed by atoms with E-state index < -0.39 is 36.7 Å². The van der Waals surface area contributed by atoms with Gasteiger partial charge in [-0.15, -0.1) is 0 Å². The smallest absolute Gasteiger partial charge is 0.276 e. The second kappa shape index (κ2) is 27.6. The molecule has 0 aromatic rings. The van der Waals surface area contributed by atoms with E-state index in [9.17, 15) is 20.4 Å². The molecule has 0 aromatic carbocycles. The molecule has 0 spiro atoms. The molecule has 0 aliphatic carbocycles. The van der Waals surface area contributed by atoms with Gasteiger partial charge in [0.05, 0.1) is 19.8 Å². The Kier molecular flexibility index (Phi) is 26.2. The van der Waals surface area contributed by atoms with Gasteiger partial charge in [-0.2, -0.15) is 0 Å². The van der Waals surface area contributed by atoms with Crippen LogP contribution in [0.2, 0.25) is 0 Å². The summed E-state index contributed by atoms with van der Waals surface area (Å²) in [6.45, 7) is 6.39. The molecule has 8 nitrogen and oxygen atoms in total. The Morgan fingerprint density at radius 1 is 0.489 bits per heavy atom. The minimum atomic E-state index is -2.51. The van der Waals surface area contributed by atoms with Gasteiger partial charge < -0.3 is 39.4 Å². The monoisotopic (exact) mass is 647 g/mol. The van der Waals surface area contributed by atoms with E-state index in [1.54, 1.807) is 0 Å². The van der Waals surface area contributed by atoms with Crippen LogP contribution < -0.4 is 0 Å². The normalized spacial score (nSPS) is 25.3. The fourth-order valence-corrected chi connectivity index (χ4v) is 6.18. The van der Waals surface area contributed by atoms with Gasteiger partial charge in [-0.05, 0) is 19.3 Å². The van der Waals surface area contributed by atoms with Crippen LogP contribution in [0.4, 0.5) is 0 Å². The van der Waals surface area contributed by atoms with Gasteiger partial charge in [0, 0.05) is 6.61 Å². The lowest BCUT2D eigenvalue weighted by Gasteiger charge is -2.53. The minimum absolute atomic E-state index is 0.133. The molecular weight excluding hydrogens is 572 g/mol. The second-order valence-corrected chi connectivity index (χ2v) is 13.4. The highest BCUT2D eigenvalue weighted by Crippen LogP contribution is 2.41. The Morgan fingerprint density at radius 2 is 0.844 bits per heavy atom. The van der Waals surface area contributed by atoms with Crippen molar-refractivity contribution >= 4 is 0 Å². The van der Waals surface area contributed by atoms with Crippen molar-refractivity contribution in [1.82, 2.24) is 0 Å². The van der Waals surface area contributed by atoms with Crippen molar-refractivity contribution in [1.29, 1.82) is 0 Å². The summed E-state index contributed by atoms with van der Waals surface area (Å²) < 4.78 is 23.2. The largest absolute Gasteiger partial charge is 0.394 e. The first-order valence-electron chi connectivity index (χ1n) is 19.2. The fourth-order valence-electron chi connectivity index (χ4n) is 6.18. The van der Waals surface area contributed by atoms with Crippen molar-refractivity contribution in [3.63, 3.8) is 0 Å². The summed E-state index contributed by atoms with van der Waals surface area (Å²) in [5.41, 5.74) is 0. The number of aliphatic hydroxyl groups excluding tert-OH is 2. The first-order chi connectivity index (χ1) is 21.9. The van der Waals surface area contributed by atoms with E-state index in [4.69, 9.17) is 18.9 Å². The second-order valence-electron chi connectivity index (χ2n) is 13.4. The fraction of sp³-hybridized carbons (Fsp3) is 1.00. The van der Waals surface area contributed by atoms with E-state index in [1.807, 2.05) is 6.92 Å². The third-order valence-corrected chi connectivity index (χ3v) is 9.18. The molecular formula is C37H74O8. The summed E-state index contributed by atoms with van der Waals surface area (Å²) in [5, 5.41) is 44.3. The highest BCUT2D eigenvalue weighted by Gasteiger charge is 2.68. The van der Waals surface area contributed by atoms with Crippen molar-refractivity contribution in [2.75, 3.05) is 26.4 Å². The standard InChI is InChI=1S/C37H74O8/c1-4-7-9-11-13-15-17-19-21-23-25-27-30-43-36(40)34(39)33(32-38)45-35(42-29-6-3)37(36,41)44-31-28-26-24-22-20-18-16-14-12-10-8-5-2/h33-35,38-41H,4-32H2,1-3H3/t33-,34-,35+,36-,37-/m1/s1. The van der Waals surface area contributed by atoms with Gasteiger partial charge in [-0.25, -0.2) is 0 Å². The van der Waals surface area contributed by atoms with E-state index in [0.29, 0.717) is 19.3 Å². The highest BCUT2D eigenvalue weighted by atomic mass is 16.8. The number of ether oxygens (including phenoxy) is 4. The van der Waals surface area contributed by atoms with Crippen LogP contribution in [0.5, 0.6) is 0 Å². The van der Waals surface area contributed by atoms with Gasteiger partial charge in [0.2, 0.25) is 6.29 Å². The SMILES string of the molecule is CCCCCCCCCCCCCCO[C@]1(O)[C@@H](OCCC)O[C@H](CO)[C@@H](O)[C@@]1(O)OCCCCCCCCCCCCCC. The molecule has 0 saturated carbocycles. The van der Waals surface area contributed by atoms with E-state index in [1.165, 1.54) is 116 Å². The quantitative estimate of drug-likeness (QED) is 0.0426. The Bertz CT molecular complexity index is 652. The molecule has 0 aromatic heterocycles. The lowest BCUT2D eigenvalue weighted by Crippen LogP contribution is -2.77. The van der Waals surface area contributed by atoms with Crippen molar-refractivity contribution in [2.45, 2.75) is 211 Å². The molecule has 4 N–H and O–H groups in total. The third kappa shape index (κ3) is 17.1. The number of unbranched alkanes of at least 4 members (excludes halogenated alkanes) is 22. The topological polar surface area (TPSA) is 118 Å². The maximum Gasteiger partial charge on any atom is 0.276 e. The summed E-state index contributed by atoms with van der Waals surface area (Å²) in [4.78, 5) is 0. The Balaban J connectivity index is 2.50. The Hall–Kier alpha value is -0.320. The summed E-state index contributed by atoms with van der Waals surface area (Å²) >= 11 is 0. The van der Waals surface area contributed by atoms with Gasteiger partial charge >= 0.3 is 0 Å². The summed E-state index contributed by atoms with van der Waals surface area (Å²) in [7, 11) is 0.